The smallest absolute Gasteiger partial charge is 0.393 e. The second-order valence-corrected chi connectivity index (χ2v) is 10.4. The largest absolute Gasteiger partial charge is 0.419 e. The molecule has 0 unspecified atom stereocenters. The van der Waals surface area contributed by atoms with E-state index in [1.165, 1.54) is 35.4 Å². The number of carbonyl (C=O) groups is 1. The van der Waals surface area contributed by atoms with Crippen LogP contribution >= 0.6 is 0 Å². The van der Waals surface area contributed by atoms with Gasteiger partial charge in [-0.2, -0.15) is 26.7 Å². The molecule has 0 saturated heterocycles. The van der Waals surface area contributed by atoms with Crippen LogP contribution in [0.5, 0.6) is 0 Å². The number of rotatable bonds is 9. The molecule has 14 heteroatoms. The number of aromatic nitrogens is 3. The van der Waals surface area contributed by atoms with Gasteiger partial charge in [-0.1, -0.05) is 6.07 Å². The lowest BCUT2D eigenvalue weighted by Gasteiger charge is -2.13. The van der Waals surface area contributed by atoms with E-state index in [-0.39, 0.29) is 35.9 Å². The van der Waals surface area contributed by atoms with Crippen LogP contribution < -0.4 is 5.14 Å². The lowest BCUT2D eigenvalue weighted by molar-refractivity contribution is -0.140. The van der Waals surface area contributed by atoms with Crippen LogP contribution in [0.25, 0.3) is 0 Å². The first kappa shape index (κ1) is 27.8. The van der Waals surface area contributed by atoms with Gasteiger partial charge in [0.1, 0.15) is 11.5 Å². The number of hydrogen-bond acceptors (Lipinski definition) is 7. The van der Waals surface area contributed by atoms with Gasteiger partial charge in [0, 0.05) is 30.1 Å². The molecule has 4 rings (SSSR count). The van der Waals surface area contributed by atoms with E-state index in [1.807, 2.05) is 0 Å². The number of benzene rings is 1. The minimum atomic E-state index is -4.84. The highest BCUT2D eigenvalue weighted by atomic mass is 32.2. The van der Waals surface area contributed by atoms with Gasteiger partial charge in [-0.05, 0) is 60.6 Å². The molecule has 0 bridgehead atoms. The Morgan fingerprint density at radius 3 is 2.68 bits per heavy atom. The summed E-state index contributed by atoms with van der Waals surface area (Å²) in [5.74, 6) is -2.32. The normalized spacial score (nSPS) is 20.1. The fraction of sp³-hybridized carbons (Fsp3) is 0.375. The lowest BCUT2D eigenvalue weighted by Crippen LogP contribution is -2.24. The zero-order valence-electron chi connectivity index (χ0n) is 19.8. The summed E-state index contributed by atoms with van der Waals surface area (Å²) in [7, 11) is -4.13. The van der Waals surface area contributed by atoms with Crippen LogP contribution in [0, 0.1) is 17.7 Å². The fourth-order valence-electron chi connectivity index (χ4n) is 4.64. The van der Waals surface area contributed by atoms with Crippen LogP contribution in [-0.2, 0) is 33.6 Å². The highest BCUT2D eigenvalue weighted by Crippen LogP contribution is 2.35. The highest BCUT2D eigenvalue weighted by Gasteiger charge is 2.35. The van der Waals surface area contributed by atoms with Crippen molar-refractivity contribution in [3.05, 3.63) is 82.7 Å². The topological polar surface area (TPSA) is 137 Å². The molecule has 0 amide bonds. The summed E-state index contributed by atoms with van der Waals surface area (Å²) < 4.78 is 80.6. The van der Waals surface area contributed by atoms with E-state index >= 15 is 0 Å². The zero-order valence-corrected chi connectivity index (χ0v) is 20.6. The number of nitrogens with zero attached hydrogens (tertiary/aromatic N) is 3. The first-order valence-corrected chi connectivity index (χ1v) is 13.0. The molecule has 204 valence electrons. The van der Waals surface area contributed by atoms with Crippen molar-refractivity contribution in [2.75, 3.05) is 6.61 Å². The molecule has 3 atom stereocenters. The summed E-state index contributed by atoms with van der Waals surface area (Å²) >= 11 is 0. The number of carbonyl (C=O) groups excluding carboxylic acids is 1. The Balaban J connectivity index is 1.46. The molecule has 1 saturated carbocycles. The third kappa shape index (κ3) is 6.81. The number of aliphatic hydroxyl groups is 1. The minimum Gasteiger partial charge on any atom is -0.393 e. The third-order valence-corrected chi connectivity index (χ3v) is 6.88. The first-order chi connectivity index (χ1) is 17.8. The highest BCUT2D eigenvalue weighted by molar-refractivity contribution is 7.84. The van der Waals surface area contributed by atoms with Gasteiger partial charge >= 0.3 is 16.5 Å². The van der Waals surface area contributed by atoms with Crippen LogP contribution in [0.15, 0.2) is 48.9 Å². The first-order valence-electron chi connectivity index (χ1n) is 11.5. The second kappa shape index (κ2) is 10.9. The van der Waals surface area contributed by atoms with E-state index in [2.05, 4.69) is 14.3 Å². The van der Waals surface area contributed by atoms with Crippen molar-refractivity contribution < 1.29 is 40.1 Å². The summed E-state index contributed by atoms with van der Waals surface area (Å²) in [6.45, 7) is -0.354. The van der Waals surface area contributed by atoms with Crippen molar-refractivity contribution in [1.29, 1.82) is 0 Å². The molecule has 1 aliphatic carbocycles. The maximum absolute atomic E-state index is 13.6. The molecule has 38 heavy (non-hydrogen) atoms. The lowest BCUT2D eigenvalue weighted by atomic mass is 9.93. The quantitative estimate of drug-likeness (QED) is 0.305. The molecule has 9 nitrogen and oxygen atoms in total. The van der Waals surface area contributed by atoms with Crippen molar-refractivity contribution in [3.63, 3.8) is 0 Å². The fourth-order valence-corrected chi connectivity index (χ4v) is 5.01. The maximum atomic E-state index is 13.6. The van der Waals surface area contributed by atoms with E-state index in [9.17, 15) is 35.9 Å². The Hall–Kier alpha value is -3.20. The predicted molar refractivity (Wildman–Crippen MR) is 125 cm³/mol. The molecule has 0 radical (unpaired) electrons. The Labute approximate surface area is 215 Å². The molecule has 1 fully saturated rings. The molecule has 3 aromatic rings. The average molecular weight is 557 g/mol. The van der Waals surface area contributed by atoms with E-state index in [4.69, 9.17) is 5.14 Å². The van der Waals surface area contributed by atoms with Crippen LogP contribution in [0.1, 0.15) is 45.6 Å². The standard InChI is InChI=1S/C24H24F4N4O5S/c25-20-2-1-14(9-19(20)24(26,27)28)12-32-6-4-21(31-32)23(34)18-11-30-5-3-16(18)7-15-8-17(22(33)10-15)13-37-38(29,35)36/h1-6,9,11,15,17,22,33H,7-8,10,12-13H2,(H2,29,35,36)/t15-,17-,22+/m1/s1. The van der Waals surface area contributed by atoms with E-state index in [1.54, 1.807) is 6.07 Å². The van der Waals surface area contributed by atoms with Crippen molar-refractivity contribution in [3.8, 4) is 0 Å². The van der Waals surface area contributed by atoms with Crippen LogP contribution in [0.4, 0.5) is 17.6 Å². The summed E-state index contributed by atoms with van der Waals surface area (Å²) in [5, 5.41) is 19.3. The van der Waals surface area contributed by atoms with Gasteiger partial charge in [0.05, 0.1) is 24.8 Å². The third-order valence-electron chi connectivity index (χ3n) is 6.42. The number of pyridine rings is 1. The Kier molecular flexibility index (Phi) is 7.97. The van der Waals surface area contributed by atoms with Gasteiger partial charge in [-0.3, -0.25) is 18.6 Å². The van der Waals surface area contributed by atoms with Crippen molar-refractivity contribution in [2.45, 2.75) is 38.1 Å². The molecular weight excluding hydrogens is 532 g/mol. The summed E-state index contributed by atoms with van der Waals surface area (Å²) in [4.78, 5) is 17.2. The SMILES string of the molecule is NS(=O)(=O)OC[C@H]1C[C@@H](Cc2ccncc2C(=O)c2ccn(Cc3ccc(F)c(C(F)(F)F)c3)n2)C[C@@H]1O. The van der Waals surface area contributed by atoms with Gasteiger partial charge in [0.2, 0.25) is 5.78 Å². The Morgan fingerprint density at radius 1 is 1.21 bits per heavy atom. The van der Waals surface area contributed by atoms with E-state index < -0.39 is 45.7 Å². The van der Waals surface area contributed by atoms with Gasteiger partial charge in [-0.25, -0.2) is 9.53 Å². The Morgan fingerprint density at radius 2 is 1.97 bits per heavy atom. The second-order valence-electron chi connectivity index (χ2n) is 9.22. The monoisotopic (exact) mass is 556 g/mol. The van der Waals surface area contributed by atoms with Crippen LogP contribution in [0.2, 0.25) is 0 Å². The number of nitrogens with two attached hydrogens (primary N) is 1. The molecule has 1 aliphatic rings. The molecule has 2 heterocycles. The molecular formula is C24H24F4N4O5S. The van der Waals surface area contributed by atoms with E-state index in [0.717, 1.165) is 6.07 Å². The molecule has 3 N–H and O–H groups in total. The molecule has 0 aliphatic heterocycles. The van der Waals surface area contributed by atoms with Crippen LogP contribution in [-0.4, -0.2) is 46.8 Å². The van der Waals surface area contributed by atoms with Crippen molar-refractivity contribution in [2.24, 2.45) is 17.0 Å². The van der Waals surface area contributed by atoms with Crippen LogP contribution in [0.3, 0.4) is 0 Å². The van der Waals surface area contributed by atoms with Gasteiger partial charge < -0.3 is 5.11 Å². The Bertz CT molecular complexity index is 1430. The summed E-state index contributed by atoms with van der Waals surface area (Å²) in [6, 6.07) is 5.75. The van der Waals surface area contributed by atoms with E-state index in [0.29, 0.717) is 30.9 Å². The minimum absolute atomic E-state index is 0.0447. The molecule has 0 spiro atoms. The van der Waals surface area contributed by atoms with Gasteiger partial charge in [0.25, 0.3) is 0 Å². The number of alkyl halides is 3. The summed E-state index contributed by atoms with van der Waals surface area (Å²) in [5.41, 5.74) is -0.253. The number of halogens is 4. The predicted octanol–water partition coefficient (Wildman–Crippen LogP) is 2.87. The number of hydrogen-bond donors (Lipinski definition) is 2. The maximum Gasteiger partial charge on any atom is 0.419 e. The van der Waals surface area contributed by atoms with Gasteiger partial charge in [0.15, 0.2) is 0 Å². The van der Waals surface area contributed by atoms with Crippen molar-refractivity contribution in [1.82, 2.24) is 14.8 Å². The molecule has 1 aromatic carbocycles. The number of aliphatic hydroxyl groups excluding tert-OH is 1. The summed E-state index contributed by atoms with van der Waals surface area (Å²) in [6.07, 6.45) is -0.0507. The average Bonchev–Trinajstić information content (AvgIpc) is 3.44. The van der Waals surface area contributed by atoms with Crippen molar-refractivity contribution >= 4 is 16.1 Å². The zero-order chi connectivity index (χ0) is 27.7. The van der Waals surface area contributed by atoms with Gasteiger partial charge in [-0.15, -0.1) is 0 Å². The molecule has 2 aromatic heterocycles. The number of ketones is 1.